The van der Waals surface area contributed by atoms with Crippen LogP contribution >= 0.6 is 0 Å². The van der Waals surface area contributed by atoms with Crippen molar-refractivity contribution in [2.24, 2.45) is 0 Å². The number of sulfonamides is 1. The van der Waals surface area contributed by atoms with Gasteiger partial charge in [0.1, 0.15) is 30.7 Å². The van der Waals surface area contributed by atoms with Gasteiger partial charge in [0.05, 0.1) is 24.3 Å². The van der Waals surface area contributed by atoms with Crippen molar-refractivity contribution in [1.29, 1.82) is 0 Å². The maximum absolute atomic E-state index is 13.3. The number of nitrogens with zero attached hydrogens (tertiary/aromatic N) is 2. The van der Waals surface area contributed by atoms with Gasteiger partial charge >= 0.3 is 0 Å². The molecule has 1 N–H and O–H groups in total. The number of hydrogen-bond acceptors (Lipinski definition) is 8. The average molecular weight is 494 g/mol. The summed E-state index contributed by atoms with van der Waals surface area (Å²) in [6.07, 6.45) is 1.05. The van der Waals surface area contributed by atoms with Gasteiger partial charge < -0.3 is 19.5 Å². The second kappa shape index (κ2) is 10.2. The van der Waals surface area contributed by atoms with Gasteiger partial charge in [0.15, 0.2) is 11.5 Å². The fourth-order valence-corrected chi connectivity index (χ4v) is 4.93. The molecule has 0 bridgehead atoms. The van der Waals surface area contributed by atoms with Crippen molar-refractivity contribution in [3.8, 4) is 17.2 Å². The van der Waals surface area contributed by atoms with Crippen molar-refractivity contribution in [2.45, 2.75) is 32.4 Å². The Morgan fingerprint density at radius 2 is 1.88 bits per heavy atom. The molecule has 0 fully saturated rings. The van der Waals surface area contributed by atoms with Gasteiger partial charge in [0.2, 0.25) is 15.9 Å². The SMILES string of the molecule is CC[C@@H](C(=O)N[C@@H](C)c1ccc2c(c1)OCCO2)N(c1cc([N+](=O)[O-])ccc1OC)S(C)(=O)=O. The number of methoxy groups -OCH3 is 1. The molecule has 1 amide bonds. The molecule has 0 saturated carbocycles. The van der Waals surface area contributed by atoms with E-state index in [-0.39, 0.29) is 23.5 Å². The van der Waals surface area contributed by atoms with Gasteiger partial charge in [0, 0.05) is 12.1 Å². The zero-order valence-electron chi connectivity index (χ0n) is 19.3. The van der Waals surface area contributed by atoms with Crippen LogP contribution in [0.3, 0.4) is 0 Å². The summed E-state index contributed by atoms with van der Waals surface area (Å²) in [5.41, 5.74) is 0.323. The van der Waals surface area contributed by atoms with Gasteiger partial charge in [-0.3, -0.25) is 19.2 Å². The minimum atomic E-state index is -4.03. The monoisotopic (exact) mass is 493 g/mol. The summed E-state index contributed by atoms with van der Waals surface area (Å²) in [6, 6.07) is 7.23. The molecule has 0 aromatic heterocycles. The molecule has 3 rings (SSSR count). The first kappa shape index (κ1) is 25.1. The zero-order valence-corrected chi connectivity index (χ0v) is 20.1. The third-order valence-electron chi connectivity index (χ3n) is 5.37. The summed E-state index contributed by atoms with van der Waals surface area (Å²) in [5.74, 6) is 0.697. The number of fused-ring (bicyclic) bond motifs is 1. The molecule has 0 saturated heterocycles. The van der Waals surface area contributed by atoms with Crippen molar-refractivity contribution in [3.63, 3.8) is 0 Å². The lowest BCUT2D eigenvalue weighted by Crippen LogP contribution is -2.49. The molecule has 0 spiro atoms. The number of benzene rings is 2. The number of carbonyl (C=O) groups is 1. The van der Waals surface area contributed by atoms with Crippen molar-refractivity contribution in [3.05, 3.63) is 52.1 Å². The summed E-state index contributed by atoms with van der Waals surface area (Å²) in [4.78, 5) is 23.9. The smallest absolute Gasteiger partial charge is 0.271 e. The normalized spacial score (nSPS) is 14.6. The van der Waals surface area contributed by atoms with E-state index >= 15 is 0 Å². The van der Waals surface area contributed by atoms with E-state index < -0.39 is 32.9 Å². The van der Waals surface area contributed by atoms with Crippen molar-refractivity contribution in [1.82, 2.24) is 5.32 Å². The molecular formula is C22H27N3O8S. The average Bonchev–Trinajstić information content (AvgIpc) is 2.80. The van der Waals surface area contributed by atoms with Crippen LogP contribution in [0.25, 0.3) is 0 Å². The molecule has 0 radical (unpaired) electrons. The predicted octanol–water partition coefficient (Wildman–Crippen LogP) is 2.80. The van der Waals surface area contributed by atoms with Gasteiger partial charge in [0.25, 0.3) is 5.69 Å². The number of non-ortho nitro benzene ring substituents is 1. The van der Waals surface area contributed by atoms with Crippen LogP contribution < -0.4 is 23.8 Å². The van der Waals surface area contributed by atoms with Crippen molar-refractivity contribution in [2.75, 3.05) is 30.9 Å². The Labute approximate surface area is 197 Å². The second-order valence-corrected chi connectivity index (χ2v) is 9.59. The maximum Gasteiger partial charge on any atom is 0.271 e. The number of anilines is 1. The highest BCUT2D eigenvalue weighted by Gasteiger charge is 2.35. The van der Waals surface area contributed by atoms with Crippen LogP contribution in [0.1, 0.15) is 31.9 Å². The highest BCUT2D eigenvalue weighted by atomic mass is 32.2. The Morgan fingerprint density at radius 1 is 1.21 bits per heavy atom. The summed E-state index contributed by atoms with van der Waals surface area (Å²) in [5, 5.41) is 14.1. The molecule has 0 aliphatic carbocycles. The molecule has 11 nitrogen and oxygen atoms in total. The highest BCUT2D eigenvalue weighted by Crippen LogP contribution is 2.36. The number of rotatable bonds is 9. The first-order valence-electron chi connectivity index (χ1n) is 10.6. The van der Waals surface area contributed by atoms with Crippen LogP contribution in [0.2, 0.25) is 0 Å². The molecule has 1 heterocycles. The van der Waals surface area contributed by atoms with E-state index in [4.69, 9.17) is 14.2 Å². The van der Waals surface area contributed by atoms with Crippen LogP contribution in [0.4, 0.5) is 11.4 Å². The zero-order chi connectivity index (χ0) is 25.0. The molecule has 184 valence electrons. The fourth-order valence-electron chi connectivity index (χ4n) is 3.72. The Morgan fingerprint density at radius 3 is 2.47 bits per heavy atom. The molecule has 0 unspecified atom stereocenters. The third kappa shape index (κ3) is 5.33. The Hall–Kier alpha value is -3.54. The van der Waals surface area contributed by atoms with Crippen molar-refractivity contribution >= 4 is 27.3 Å². The standard InChI is InChI=1S/C22H27N3O8S/c1-5-17(22(26)23-14(2)15-6-8-20-21(12-15)33-11-10-32-20)24(34(4,29)30)18-13-16(25(27)28)7-9-19(18)31-3/h6-9,12-14,17H,5,10-11H2,1-4H3,(H,23,26)/t14-,17-/m0/s1. The Kier molecular flexibility index (Phi) is 7.50. The molecule has 2 aromatic rings. The lowest BCUT2D eigenvalue weighted by molar-refractivity contribution is -0.384. The third-order valence-corrected chi connectivity index (χ3v) is 6.53. The van der Waals surface area contributed by atoms with Crippen LogP contribution in [0.5, 0.6) is 17.2 Å². The Bertz CT molecular complexity index is 1180. The van der Waals surface area contributed by atoms with E-state index in [2.05, 4.69) is 5.32 Å². The van der Waals surface area contributed by atoms with Gasteiger partial charge in [-0.1, -0.05) is 13.0 Å². The minimum absolute atomic E-state index is 0.0853. The van der Waals surface area contributed by atoms with Crippen LogP contribution in [-0.4, -0.2) is 51.9 Å². The molecule has 1 aliphatic heterocycles. The maximum atomic E-state index is 13.3. The summed E-state index contributed by atoms with van der Waals surface area (Å²) >= 11 is 0. The first-order valence-corrected chi connectivity index (χ1v) is 12.4. The lowest BCUT2D eigenvalue weighted by Gasteiger charge is -2.32. The minimum Gasteiger partial charge on any atom is -0.495 e. The highest BCUT2D eigenvalue weighted by molar-refractivity contribution is 7.92. The largest absolute Gasteiger partial charge is 0.495 e. The molecule has 34 heavy (non-hydrogen) atoms. The summed E-state index contributed by atoms with van der Waals surface area (Å²) in [7, 11) is -2.71. The van der Waals surface area contributed by atoms with Crippen LogP contribution in [-0.2, 0) is 14.8 Å². The lowest BCUT2D eigenvalue weighted by atomic mass is 10.1. The summed E-state index contributed by atoms with van der Waals surface area (Å²) in [6.45, 7) is 4.29. The van der Waals surface area contributed by atoms with Gasteiger partial charge in [-0.2, -0.15) is 0 Å². The number of hydrogen-bond donors (Lipinski definition) is 1. The summed E-state index contributed by atoms with van der Waals surface area (Å²) < 4.78 is 42.8. The van der Waals surface area contributed by atoms with E-state index in [0.29, 0.717) is 24.7 Å². The van der Waals surface area contributed by atoms with Gasteiger partial charge in [-0.05, 0) is 37.1 Å². The van der Waals surface area contributed by atoms with Crippen LogP contribution in [0.15, 0.2) is 36.4 Å². The predicted molar refractivity (Wildman–Crippen MR) is 125 cm³/mol. The van der Waals surface area contributed by atoms with E-state index in [1.54, 1.807) is 32.0 Å². The second-order valence-electron chi connectivity index (χ2n) is 7.73. The van der Waals surface area contributed by atoms with E-state index in [1.165, 1.54) is 19.2 Å². The quantitative estimate of drug-likeness (QED) is 0.416. The molecular weight excluding hydrogens is 466 g/mol. The van der Waals surface area contributed by atoms with Crippen LogP contribution in [0, 0.1) is 10.1 Å². The molecule has 2 aromatic carbocycles. The van der Waals surface area contributed by atoms with E-state index in [1.807, 2.05) is 0 Å². The fraction of sp³-hybridized carbons (Fsp3) is 0.409. The number of ether oxygens (including phenoxy) is 3. The van der Waals surface area contributed by atoms with Gasteiger partial charge in [-0.15, -0.1) is 0 Å². The Balaban J connectivity index is 1.93. The van der Waals surface area contributed by atoms with E-state index in [9.17, 15) is 23.3 Å². The molecule has 2 atom stereocenters. The van der Waals surface area contributed by atoms with Gasteiger partial charge in [-0.25, -0.2) is 8.42 Å². The number of carbonyl (C=O) groups excluding carboxylic acids is 1. The molecule has 1 aliphatic rings. The topological polar surface area (TPSA) is 137 Å². The number of nitrogens with one attached hydrogen (secondary N) is 1. The number of nitro groups is 1. The molecule has 12 heteroatoms. The van der Waals surface area contributed by atoms with E-state index in [0.717, 1.165) is 22.2 Å². The first-order chi connectivity index (χ1) is 16.1. The number of nitro benzene ring substituents is 1. The van der Waals surface area contributed by atoms with Crippen molar-refractivity contribution < 1.29 is 32.3 Å². The number of amides is 1.